The smallest absolute Gasteiger partial charge is 0.223 e. The summed E-state index contributed by atoms with van der Waals surface area (Å²) in [7, 11) is 1.62. The maximum absolute atomic E-state index is 13.1. The normalized spacial score (nSPS) is 15.8. The zero-order chi connectivity index (χ0) is 20.2. The Bertz CT molecular complexity index is 1010. The lowest BCUT2D eigenvalue weighted by Crippen LogP contribution is -2.35. The number of nitrogens with one attached hydrogen (secondary N) is 1. The molecule has 150 valence electrons. The van der Waals surface area contributed by atoms with E-state index in [0.717, 1.165) is 42.0 Å². The number of phenolic OH excluding ortho intramolecular Hbond substituents is 1. The minimum absolute atomic E-state index is 0.0311. The van der Waals surface area contributed by atoms with E-state index in [1.807, 2.05) is 60.7 Å². The van der Waals surface area contributed by atoms with Crippen molar-refractivity contribution in [3.05, 3.63) is 71.8 Å². The third-order valence-electron chi connectivity index (χ3n) is 5.96. The molecule has 4 rings (SSSR count). The number of fused-ring (bicyclic) bond motifs is 1. The number of hydrogen-bond acceptors (Lipinski definition) is 3. The summed E-state index contributed by atoms with van der Waals surface area (Å²) in [4.78, 5) is 13.1. The number of aromatic hydroxyl groups is 1. The van der Waals surface area contributed by atoms with E-state index in [1.165, 1.54) is 6.42 Å². The number of methoxy groups -OCH3 is 1. The van der Waals surface area contributed by atoms with Crippen LogP contribution < -0.4 is 10.1 Å². The van der Waals surface area contributed by atoms with Gasteiger partial charge in [0.05, 0.1) is 13.2 Å². The molecule has 0 unspecified atom stereocenters. The van der Waals surface area contributed by atoms with Crippen LogP contribution in [0.3, 0.4) is 0 Å². The molecule has 0 spiro atoms. The molecule has 4 heteroatoms. The zero-order valence-corrected chi connectivity index (χ0v) is 16.7. The third-order valence-corrected chi connectivity index (χ3v) is 5.96. The van der Waals surface area contributed by atoms with Crippen LogP contribution in [0.25, 0.3) is 10.8 Å². The van der Waals surface area contributed by atoms with Gasteiger partial charge in [0, 0.05) is 22.4 Å². The SMILES string of the molecule is COc1ccccc1[C@H](NC(=O)C1CCCCC1)c1ccc2ccccc2c1O. The van der Waals surface area contributed by atoms with Crippen LogP contribution in [-0.2, 0) is 4.79 Å². The highest BCUT2D eigenvalue weighted by atomic mass is 16.5. The Hall–Kier alpha value is -3.01. The molecule has 4 nitrogen and oxygen atoms in total. The summed E-state index contributed by atoms with van der Waals surface area (Å²) in [6, 6.07) is 18.8. The monoisotopic (exact) mass is 389 g/mol. The number of para-hydroxylation sites is 1. The average molecular weight is 389 g/mol. The fourth-order valence-corrected chi connectivity index (χ4v) is 4.36. The zero-order valence-electron chi connectivity index (χ0n) is 16.7. The van der Waals surface area contributed by atoms with Gasteiger partial charge in [0.2, 0.25) is 5.91 Å². The summed E-state index contributed by atoms with van der Waals surface area (Å²) < 4.78 is 5.57. The van der Waals surface area contributed by atoms with Gasteiger partial charge in [0.1, 0.15) is 11.5 Å². The largest absolute Gasteiger partial charge is 0.507 e. The second-order valence-electron chi connectivity index (χ2n) is 7.74. The number of benzene rings is 3. The Morgan fingerprint density at radius 3 is 2.48 bits per heavy atom. The molecule has 0 aliphatic heterocycles. The third kappa shape index (κ3) is 3.93. The first-order valence-corrected chi connectivity index (χ1v) is 10.3. The number of carbonyl (C=O) groups is 1. The maximum atomic E-state index is 13.1. The van der Waals surface area contributed by atoms with Crippen molar-refractivity contribution < 1.29 is 14.6 Å². The van der Waals surface area contributed by atoms with Crippen molar-refractivity contribution in [1.29, 1.82) is 0 Å². The van der Waals surface area contributed by atoms with Gasteiger partial charge in [0.15, 0.2) is 0 Å². The van der Waals surface area contributed by atoms with Crippen molar-refractivity contribution in [3.63, 3.8) is 0 Å². The van der Waals surface area contributed by atoms with Crippen LogP contribution >= 0.6 is 0 Å². The van der Waals surface area contributed by atoms with Crippen LogP contribution in [0.15, 0.2) is 60.7 Å². The molecule has 0 aromatic heterocycles. The van der Waals surface area contributed by atoms with Gasteiger partial charge in [-0.2, -0.15) is 0 Å². The Morgan fingerprint density at radius 2 is 1.69 bits per heavy atom. The number of rotatable bonds is 5. The predicted molar refractivity (Wildman–Crippen MR) is 115 cm³/mol. The molecule has 0 radical (unpaired) electrons. The van der Waals surface area contributed by atoms with E-state index in [1.54, 1.807) is 7.11 Å². The highest BCUT2D eigenvalue weighted by molar-refractivity contribution is 5.90. The standard InChI is InChI=1S/C25H27NO3/c1-29-22-14-8-7-13-20(22)23(26-25(28)18-10-3-2-4-11-18)21-16-15-17-9-5-6-12-19(17)24(21)27/h5-9,12-16,18,23,27H,2-4,10-11H2,1H3,(H,26,28)/t23-/m0/s1. The Kier molecular flexibility index (Phi) is 5.70. The van der Waals surface area contributed by atoms with Gasteiger partial charge >= 0.3 is 0 Å². The Balaban J connectivity index is 1.78. The Labute approximate surface area is 171 Å². The van der Waals surface area contributed by atoms with Crippen LogP contribution in [-0.4, -0.2) is 18.1 Å². The van der Waals surface area contributed by atoms with Gasteiger partial charge in [-0.1, -0.05) is 73.9 Å². The number of ether oxygens (including phenoxy) is 1. The van der Waals surface area contributed by atoms with Crippen LogP contribution in [0.5, 0.6) is 11.5 Å². The first-order chi connectivity index (χ1) is 14.2. The highest BCUT2D eigenvalue weighted by Gasteiger charge is 2.28. The molecule has 2 N–H and O–H groups in total. The summed E-state index contributed by atoms with van der Waals surface area (Å²) in [6.07, 6.45) is 5.24. The number of hydrogen-bond donors (Lipinski definition) is 2. The number of carbonyl (C=O) groups excluding carboxylic acids is 1. The van der Waals surface area contributed by atoms with Gasteiger partial charge in [-0.15, -0.1) is 0 Å². The van der Waals surface area contributed by atoms with Gasteiger partial charge in [-0.3, -0.25) is 4.79 Å². The number of amides is 1. The lowest BCUT2D eigenvalue weighted by atomic mass is 9.87. The van der Waals surface area contributed by atoms with Gasteiger partial charge in [-0.05, 0) is 24.3 Å². The molecule has 1 atom stereocenters. The average Bonchev–Trinajstić information content (AvgIpc) is 2.79. The van der Waals surface area contributed by atoms with Crippen molar-refractivity contribution in [1.82, 2.24) is 5.32 Å². The van der Waals surface area contributed by atoms with E-state index in [9.17, 15) is 9.90 Å². The molecule has 29 heavy (non-hydrogen) atoms. The first-order valence-electron chi connectivity index (χ1n) is 10.3. The minimum atomic E-state index is -0.481. The molecule has 0 heterocycles. The van der Waals surface area contributed by atoms with Crippen LogP contribution in [0.2, 0.25) is 0 Å². The van der Waals surface area contributed by atoms with Crippen molar-refractivity contribution in [2.45, 2.75) is 38.1 Å². The lowest BCUT2D eigenvalue weighted by molar-refractivity contribution is -0.126. The van der Waals surface area contributed by atoms with E-state index in [2.05, 4.69) is 5.32 Å². The molecular formula is C25H27NO3. The topological polar surface area (TPSA) is 58.6 Å². The van der Waals surface area contributed by atoms with Crippen molar-refractivity contribution in [2.24, 2.45) is 5.92 Å². The van der Waals surface area contributed by atoms with E-state index in [4.69, 9.17) is 4.74 Å². The van der Waals surface area contributed by atoms with Gasteiger partial charge in [0.25, 0.3) is 0 Å². The van der Waals surface area contributed by atoms with E-state index < -0.39 is 6.04 Å². The lowest BCUT2D eigenvalue weighted by Gasteiger charge is -2.27. The van der Waals surface area contributed by atoms with E-state index >= 15 is 0 Å². The molecule has 3 aromatic rings. The predicted octanol–water partition coefficient (Wildman–Crippen LogP) is 5.34. The number of phenols is 1. The summed E-state index contributed by atoms with van der Waals surface area (Å²) >= 11 is 0. The maximum Gasteiger partial charge on any atom is 0.223 e. The van der Waals surface area contributed by atoms with Crippen LogP contribution in [0.4, 0.5) is 0 Å². The fourth-order valence-electron chi connectivity index (χ4n) is 4.36. The summed E-state index contributed by atoms with van der Waals surface area (Å²) in [6.45, 7) is 0. The molecule has 3 aromatic carbocycles. The molecule has 1 saturated carbocycles. The van der Waals surface area contributed by atoms with E-state index in [-0.39, 0.29) is 17.6 Å². The van der Waals surface area contributed by atoms with Crippen LogP contribution in [0.1, 0.15) is 49.3 Å². The molecular weight excluding hydrogens is 362 g/mol. The fraction of sp³-hybridized carbons (Fsp3) is 0.320. The highest BCUT2D eigenvalue weighted by Crippen LogP contribution is 2.38. The van der Waals surface area contributed by atoms with E-state index in [0.29, 0.717) is 11.3 Å². The molecule has 1 aliphatic carbocycles. The summed E-state index contributed by atoms with van der Waals surface area (Å²) in [5.74, 6) is 0.966. The van der Waals surface area contributed by atoms with Crippen LogP contribution in [0, 0.1) is 5.92 Å². The van der Waals surface area contributed by atoms with Gasteiger partial charge in [-0.25, -0.2) is 0 Å². The minimum Gasteiger partial charge on any atom is -0.507 e. The van der Waals surface area contributed by atoms with Gasteiger partial charge < -0.3 is 15.2 Å². The molecule has 1 amide bonds. The molecule has 1 fully saturated rings. The second kappa shape index (κ2) is 8.56. The second-order valence-corrected chi connectivity index (χ2v) is 7.74. The molecule has 1 aliphatic rings. The molecule has 0 bridgehead atoms. The first kappa shape index (κ1) is 19.3. The molecule has 0 saturated heterocycles. The van der Waals surface area contributed by atoms with Crippen molar-refractivity contribution in [2.75, 3.05) is 7.11 Å². The van der Waals surface area contributed by atoms with Crippen molar-refractivity contribution in [3.8, 4) is 11.5 Å². The summed E-state index contributed by atoms with van der Waals surface area (Å²) in [5.41, 5.74) is 1.52. The van der Waals surface area contributed by atoms with Crippen molar-refractivity contribution >= 4 is 16.7 Å². The quantitative estimate of drug-likeness (QED) is 0.619. The Morgan fingerprint density at radius 1 is 0.966 bits per heavy atom. The summed E-state index contributed by atoms with van der Waals surface area (Å²) in [5, 5.41) is 16.0.